The fourth-order valence-electron chi connectivity index (χ4n) is 0.946. The quantitative estimate of drug-likeness (QED) is 0.361. The van der Waals surface area contributed by atoms with E-state index >= 15 is 0 Å². The number of carboxylic acid groups (broad SMARTS) is 1. The molecule has 7 heteroatoms. The maximum atomic E-state index is 10.6. The normalized spacial score (nSPS) is 39.8. The van der Waals surface area contributed by atoms with Crippen molar-refractivity contribution in [3.63, 3.8) is 0 Å². The summed E-state index contributed by atoms with van der Waals surface area (Å²) in [6.45, 7) is 0. The lowest BCUT2D eigenvalue weighted by molar-refractivity contribution is -0.356. The summed E-state index contributed by atoms with van der Waals surface area (Å²) in [5.74, 6) is -6.28. The first-order valence-electron chi connectivity index (χ1n) is 3.39. The first-order valence-corrected chi connectivity index (χ1v) is 3.39. The van der Waals surface area contributed by atoms with Crippen LogP contribution < -0.4 is 5.11 Å². The Bertz CT molecular complexity index is 249. The number of cyclic esters (lactones) is 1. The lowest BCUT2D eigenvalue weighted by Crippen LogP contribution is -2.60. The van der Waals surface area contributed by atoms with Crippen molar-refractivity contribution in [1.82, 2.24) is 0 Å². The average Bonchev–Trinajstić information content (AvgIpc) is 2.00. The second-order valence-corrected chi connectivity index (χ2v) is 2.71. The highest BCUT2D eigenvalue weighted by Crippen LogP contribution is 2.23. The topological polar surface area (TPSA) is 127 Å². The summed E-state index contributed by atoms with van der Waals surface area (Å²) >= 11 is 0. The first kappa shape index (κ1) is 9.90. The maximum Gasteiger partial charge on any atom is 0.340 e. The van der Waals surface area contributed by atoms with Crippen molar-refractivity contribution in [2.24, 2.45) is 0 Å². The highest BCUT2D eigenvalue weighted by molar-refractivity contribution is 5.83. The molecule has 0 radical (unpaired) electrons. The van der Waals surface area contributed by atoms with Crippen LogP contribution in [0.3, 0.4) is 0 Å². The van der Waals surface area contributed by atoms with Crippen LogP contribution in [0.1, 0.15) is 6.42 Å². The van der Waals surface area contributed by atoms with Crippen molar-refractivity contribution in [3.8, 4) is 0 Å². The highest BCUT2D eigenvalue weighted by Gasteiger charge is 2.46. The monoisotopic (exact) mass is 191 g/mol. The van der Waals surface area contributed by atoms with E-state index in [-0.39, 0.29) is 0 Å². The van der Waals surface area contributed by atoms with Crippen LogP contribution in [0.2, 0.25) is 0 Å². The van der Waals surface area contributed by atoms with Crippen LogP contribution in [0.5, 0.6) is 0 Å². The Morgan fingerprint density at radius 3 is 2.54 bits per heavy atom. The lowest BCUT2D eigenvalue weighted by atomic mass is 10.0. The number of rotatable bonds is 1. The van der Waals surface area contributed by atoms with Gasteiger partial charge in [0.1, 0.15) is 5.97 Å². The number of aliphatic hydroxyl groups excluding tert-OH is 2. The zero-order chi connectivity index (χ0) is 10.2. The Hall–Kier alpha value is -1.18. The van der Waals surface area contributed by atoms with Gasteiger partial charge in [-0.05, 0) is 0 Å². The lowest BCUT2D eigenvalue weighted by Gasteiger charge is -2.36. The summed E-state index contributed by atoms with van der Waals surface area (Å²) in [6, 6.07) is 0. The Morgan fingerprint density at radius 2 is 2.15 bits per heavy atom. The molecule has 0 spiro atoms. The minimum Gasteiger partial charge on any atom is -0.543 e. The molecule has 13 heavy (non-hydrogen) atoms. The smallest absolute Gasteiger partial charge is 0.340 e. The van der Waals surface area contributed by atoms with Gasteiger partial charge in [0.05, 0.1) is 6.10 Å². The highest BCUT2D eigenvalue weighted by atomic mass is 16.7. The van der Waals surface area contributed by atoms with Gasteiger partial charge in [0, 0.05) is 6.42 Å². The van der Waals surface area contributed by atoms with Crippen molar-refractivity contribution in [2.45, 2.75) is 24.4 Å². The van der Waals surface area contributed by atoms with E-state index in [1.807, 2.05) is 0 Å². The van der Waals surface area contributed by atoms with Crippen LogP contribution in [0.15, 0.2) is 0 Å². The molecule has 1 aliphatic rings. The fourth-order valence-corrected chi connectivity index (χ4v) is 0.946. The van der Waals surface area contributed by atoms with Crippen molar-refractivity contribution >= 4 is 11.9 Å². The molecule has 74 valence electrons. The number of carbonyl (C=O) groups is 2. The predicted octanol–water partition coefficient (Wildman–Crippen LogP) is -3.91. The van der Waals surface area contributed by atoms with E-state index in [0.717, 1.165) is 0 Å². The van der Waals surface area contributed by atoms with Gasteiger partial charge >= 0.3 is 5.97 Å². The summed E-state index contributed by atoms with van der Waals surface area (Å²) in [4.78, 5) is 20.9. The number of carboxylic acids is 1. The summed E-state index contributed by atoms with van der Waals surface area (Å²) in [7, 11) is 0. The molecular weight excluding hydrogens is 184 g/mol. The fraction of sp³-hybridized carbons (Fsp3) is 0.667. The number of aliphatic hydroxyl groups is 3. The van der Waals surface area contributed by atoms with Crippen LogP contribution in [-0.4, -0.2) is 45.3 Å². The number of carbonyl (C=O) groups excluding carboxylic acids is 2. The average molecular weight is 191 g/mol. The number of ether oxygens (including phenoxy) is 1. The van der Waals surface area contributed by atoms with Gasteiger partial charge in [-0.3, -0.25) is 0 Å². The van der Waals surface area contributed by atoms with E-state index in [2.05, 4.69) is 4.74 Å². The zero-order valence-corrected chi connectivity index (χ0v) is 6.34. The van der Waals surface area contributed by atoms with Gasteiger partial charge in [0.25, 0.3) is 5.79 Å². The molecule has 3 atom stereocenters. The largest absolute Gasteiger partial charge is 0.543 e. The van der Waals surface area contributed by atoms with E-state index in [4.69, 9.17) is 15.3 Å². The van der Waals surface area contributed by atoms with Gasteiger partial charge in [-0.25, -0.2) is 4.79 Å². The molecule has 0 amide bonds. The zero-order valence-electron chi connectivity index (χ0n) is 6.34. The van der Waals surface area contributed by atoms with Crippen molar-refractivity contribution in [3.05, 3.63) is 0 Å². The van der Waals surface area contributed by atoms with Crippen molar-refractivity contribution in [1.29, 1.82) is 0 Å². The van der Waals surface area contributed by atoms with E-state index in [1.54, 1.807) is 0 Å². The van der Waals surface area contributed by atoms with Crippen LogP contribution >= 0.6 is 0 Å². The third-order valence-electron chi connectivity index (χ3n) is 1.68. The molecule has 0 aromatic carbocycles. The summed E-state index contributed by atoms with van der Waals surface area (Å²) in [5.41, 5.74) is 0. The number of esters is 1. The Balaban J connectivity index is 2.85. The molecule has 0 aromatic heterocycles. The van der Waals surface area contributed by atoms with E-state index in [9.17, 15) is 14.7 Å². The Kier molecular flexibility index (Phi) is 2.24. The minimum absolute atomic E-state index is 0.817. The number of hydrogen-bond donors (Lipinski definition) is 3. The van der Waals surface area contributed by atoms with E-state index in [0.29, 0.717) is 0 Å². The molecule has 0 aromatic rings. The van der Waals surface area contributed by atoms with Gasteiger partial charge in [-0.2, -0.15) is 0 Å². The second-order valence-electron chi connectivity index (χ2n) is 2.71. The van der Waals surface area contributed by atoms with Crippen LogP contribution in [0.25, 0.3) is 0 Å². The van der Waals surface area contributed by atoms with Crippen LogP contribution in [0.4, 0.5) is 0 Å². The maximum absolute atomic E-state index is 10.6. The standard InChI is InChI=1S/C6H8O7/c7-2-1-6(12,5(10)11)13-4(9)3(2)8/h2-3,7-8,12H,1H2,(H,10,11)/p-1/t2-,3-,6+/m0/s1. The summed E-state index contributed by atoms with van der Waals surface area (Å²) in [5, 5.41) is 37.0. The molecule has 3 N–H and O–H groups in total. The molecular formula is C6H7O7-. The van der Waals surface area contributed by atoms with E-state index in [1.165, 1.54) is 0 Å². The number of hydrogen-bond acceptors (Lipinski definition) is 7. The second kappa shape index (κ2) is 2.95. The molecule has 7 nitrogen and oxygen atoms in total. The molecule has 0 unspecified atom stereocenters. The Morgan fingerprint density at radius 1 is 1.62 bits per heavy atom. The third-order valence-corrected chi connectivity index (χ3v) is 1.68. The Labute approximate surface area is 72.2 Å². The van der Waals surface area contributed by atoms with Crippen LogP contribution in [-0.2, 0) is 14.3 Å². The van der Waals surface area contributed by atoms with Gasteiger partial charge in [-0.1, -0.05) is 0 Å². The molecule has 1 rings (SSSR count). The molecule has 1 saturated heterocycles. The molecule has 1 aliphatic heterocycles. The van der Waals surface area contributed by atoms with Crippen LogP contribution in [0, 0.1) is 0 Å². The van der Waals surface area contributed by atoms with Crippen molar-refractivity contribution in [2.75, 3.05) is 0 Å². The SMILES string of the molecule is O=C1O[C@@](O)(C(=O)[O-])C[C@H](O)[C@@H]1O. The molecule has 0 saturated carbocycles. The van der Waals surface area contributed by atoms with Gasteiger partial charge in [0.15, 0.2) is 6.10 Å². The first-order chi connectivity index (χ1) is 5.87. The predicted molar refractivity (Wildman–Crippen MR) is 32.7 cm³/mol. The molecule has 0 aliphatic carbocycles. The summed E-state index contributed by atoms with van der Waals surface area (Å²) < 4.78 is 3.96. The van der Waals surface area contributed by atoms with Gasteiger partial charge in [-0.15, -0.1) is 0 Å². The minimum atomic E-state index is -2.85. The molecule has 0 bridgehead atoms. The van der Waals surface area contributed by atoms with Gasteiger partial charge in [0.2, 0.25) is 0 Å². The molecule has 1 heterocycles. The summed E-state index contributed by atoms with van der Waals surface area (Å²) in [6.07, 6.45) is -4.33. The van der Waals surface area contributed by atoms with Gasteiger partial charge < -0.3 is 30.0 Å². The number of aliphatic carboxylic acids is 1. The van der Waals surface area contributed by atoms with E-state index < -0.39 is 36.4 Å². The van der Waals surface area contributed by atoms with Crippen molar-refractivity contribution < 1.29 is 34.8 Å². The molecule has 1 fully saturated rings. The third kappa shape index (κ3) is 1.62.